The lowest BCUT2D eigenvalue weighted by molar-refractivity contribution is 0.439. The molecule has 4 nitrogen and oxygen atoms in total. The molecule has 1 aliphatic carbocycles. The Bertz CT molecular complexity index is 546. The Labute approximate surface area is 107 Å². The number of pyridine rings is 1. The van der Waals surface area contributed by atoms with Gasteiger partial charge in [0.2, 0.25) is 0 Å². The zero-order valence-electron chi connectivity index (χ0n) is 11.1. The molecule has 1 N–H and O–H groups in total. The normalized spacial score (nSPS) is 23.7. The van der Waals surface area contributed by atoms with Crippen LogP contribution in [-0.4, -0.2) is 21.1 Å². The van der Waals surface area contributed by atoms with Crippen LogP contribution in [-0.2, 0) is 0 Å². The number of nitrogens with one attached hydrogen (secondary N) is 1. The Balaban J connectivity index is 1.79. The number of hydrogen-bond acceptors (Lipinski definition) is 3. The summed E-state index contributed by atoms with van der Waals surface area (Å²) in [4.78, 5) is 4.25. The molecule has 2 heterocycles. The van der Waals surface area contributed by atoms with E-state index in [1.54, 1.807) is 6.33 Å². The molecule has 0 spiro atoms. The van der Waals surface area contributed by atoms with Crippen LogP contribution in [0, 0.1) is 18.8 Å². The van der Waals surface area contributed by atoms with Crippen LogP contribution in [0.4, 0.5) is 5.82 Å². The van der Waals surface area contributed by atoms with Gasteiger partial charge in [-0.25, -0.2) is 4.98 Å². The molecular weight excluding hydrogens is 224 g/mol. The number of fused-ring (bicyclic) bond motifs is 1. The van der Waals surface area contributed by atoms with Gasteiger partial charge in [0.1, 0.15) is 12.1 Å². The molecular formula is C14H20N4. The van der Waals surface area contributed by atoms with E-state index < -0.39 is 0 Å². The smallest absolute Gasteiger partial charge is 0.157 e. The molecule has 0 aliphatic heterocycles. The third-order valence-corrected chi connectivity index (χ3v) is 4.11. The molecule has 1 fully saturated rings. The molecule has 1 aliphatic rings. The minimum atomic E-state index is 0.795. The molecule has 2 aromatic rings. The van der Waals surface area contributed by atoms with Gasteiger partial charge in [0.25, 0.3) is 0 Å². The molecule has 2 aromatic heterocycles. The lowest BCUT2D eigenvalue weighted by Crippen LogP contribution is -2.18. The van der Waals surface area contributed by atoms with Gasteiger partial charge in [0.05, 0.1) is 0 Å². The number of aryl methyl sites for hydroxylation is 1. The first-order valence-electron chi connectivity index (χ1n) is 6.78. The first-order valence-corrected chi connectivity index (χ1v) is 6.78. The number of aromatic nitrogens is 3. The first-order chi connectivity index (χ1) is 8.74. The van der Waals surface area contributed by atoms with Crippen LogP contribution >= 0.6 is 0 Å². The van der Waals surface area contributed by atoms with E-state index >= 15 is 0 Å². The largest absolute Gasteiger partial charge is 0.370 e. The maximum atomic E-state index is 4.27. The standard InChI is InChI=1S/C14H20N4/c1-10-6-13(18-14(7-10)16-9-17-18)15-8-12-5-3-4-11(12)2/h6-7,9,11-12,15H,3-5,8H2,1-2H3. The van der Waals surface area contributed by atoms with E-state index in [1.165, 1.54) is 24.8 Å². The molecule has 2 atom stereocenters. The summed E-state index contributed by atoms with van der Waals surface area (Å²) in [6, 6.07) is 4.19. The van der Waals surface area contributed by atoms with Crippen LogP contribution in [0.3, 0.4) is 0 Å². The quantitative estimate of drug-likeness (QED) is 0.902. The average Bonchev–Trinajstić information content (AvgIpc) is 2.94. The number of anilines is 1. The highest BCUT2D eigenvalue weighted by Gasteiger charge is 2.23. The summed E-state index contributed by atoms with van der Waals surface area (Å²) in [7, 11) is 0. The van der Waals surface area contributed by atoms with Crippen molar-refractivity contribution >= 4 is 11.5 Å². The molecule has 2 unspecified atom stereocenters. The van der Waals surface area contributed by atoms with E-state index in [1.807, 2.05) is 4.52 Å². The predicted octanol–water partition coefficient (Wildman–Crippen LogP) is 2.89. The minimum Gasteiger partial charge on any atom is -0.370 e. The summed E-state index contributed by atoms with van der Waals surface area (Å²) in [6.45, 7) is 5.50. The fourth-order valence-electron chi connectivity index (χ4n) is 2.94. The molecule has 0 bridgehead atoms. The van der Waals surface area contributed by atoms with Crippen LogP contribution in [0.1, 0.15) is 31.7 Å². The lowest BCUT2D eigenvalue weighted by atomic mass is 9.98. The average molecular weight is 244 g/mol. The fourth-order valence-corrected chi connectivity index (χ4v) is 2.94. The Hall–Kier alpha value is -1.58. The highest BCUT2D eigenvalue weighted by atomic mass is 15.3. The fraction of sp³-hybridized carbons (Fsp3) is 0.571. The third-order valence-electron chi connectivity index (χ3n) is 4.11. The van der Waals surface area contributed by atoms with Crippen molar-refractivity contribution in [1.82, 2.24) is 14.6 Å². The predicted molar refractivity (Wildman–Crippen MR) is 72.7 cm³/mol. The molecule has 3 rings (SSSR count). The molecule has 4 heteroatoms. The number of nitrogens with zero attached hydrogens (tertiary/aromatic N) is 3. The van der Waals surface area contributed by atoms with Crippen molar-refractivity contribution in [2.45, 2.75) is 33.1 Å². The van der Waals surface area contributed by atoms with E-state index in [2.05, 4.69) is 41.4 Å². The van der Waals surface area contributed by atoms with Gasteiger partial charge in [-0.05, 0) is 42.9 Å². The highest BCUT2D eigenvalue weighted by Crippen LogP contribution is 2.31. The van der Waals surface area contributed by atoms with Crippen molar-refractivity contribution in [3.63, 3.8) is 0 Å². The summed E-state index contributed by atoms with van der Waals surface area (Å²) in [5, 5.41) is 7.81. The van der Waals surface area contributed by atoms with Gasteiger partial charge < -0.3 is 5.32 Å². The Kier molecular flexibility index (Phi) is 2.94. The van der Waals surface area contributed by atoms with Gasteiger partial charge in [-0.2, -0.15) is 9.61 Å². The zero-order chi connectivity index (χ0) is 12.5. The van der Waals surface area contributed by atoms with Crippen molar-refractivity contribution in [3.8, 4) is 0 Å². The first kappa shape index (κ1) is 11.5. The van der Waals surface area contributed by atoms with E-state index in [4.69, 9.17) is 0 Å². The van der Waals surface area contributed by atoms with Crippen molar-refractivity contribution in [1.29, 1.82) is 0 Å². The minimum absolute atomic E-state index is 0.795. The Morgan fingerprint density at radius 3 is 3.06 bits per heavy atom. The van der Waals surface area contributed by atoms with Gasteiger partial charge in [-0.1, -0.05) is 19.8 Å². The lowest BCUT2D eigenvalue weighted by Gasteiger charge is -2.17. The van der Waals surface area contributed by atoms with Crippen LogP contribution in [0.25, 0.3) is 5.65 Å². The van der Waals surface area contributed by atoms with Crippen molar-refractivity contribution in [2.75, 3.05) is 11.9 Å². The van der Waals surface area contributed by atoms with E-state index in [9.17, 15) is 0 Å². The molecule has 0 aromatic carbocycles. The van der Waals surface area contributed by atoms with Crippen molar-refractivity contribution in [2.24, 2.45) is 11.8 Å². The van der Waals surface area contributed by atoms with Gasteiger partial charge in [0.15, 0.2) is 5.65 Å². The van der Waals surface area contributed by atoms with E-state index in [0.717, 1.165) is 29.8 Å². The van der Waals surface area contributed by atoms with Crippen LogP contribution in [0.2, 0.25) is 0 Å². The van der Waals surface area contributed by atoms with Crippen LogP contribution in [0.5, 0.6) is 0 Å². The molecule has 1 saturated carbocycles. The van der Waals surface area contributed by atoms with Crippen LogP contribution in [0.15, 0.2) is 18.5 Å². The zero-order valence-corrected chi connectivity index (χ0v) is 11.1. The second-order valence-electron chi connectivity index (χ2n) is 5.50. The molecule has 18 heavy (non-hydrogen) atoms. The molecule has 0 saturated heterocycles. The second-order valence-corrected chi connectivity index (χ2v) is 5.50. The topological polar surface area (TPSA) is 42.2 Å². The maximum absolute atomic E-state index is 4.27. The van der Waals surface area contributed by atoms with Gasteiger partial charge in [-0.3, -0.25) is 0 Å². The van der Waals surface area contributed by atoms with E-state index in [-0.39, 0.29) is 0 Å². The van der Waals surface area contributed by atoms with Crippen molar-refractivity contribution in [3.05, 3.63) is 24.0 Å². The summed E-state index contributed by atoms with van der Waals surface area (Å²) >= 11 is 0. The molecule has 0 amide bonds. The Morgan fingerprint density at radius 1 is 1.39 bits per heavy atom. The van der Waals surface area contributed by atoms with Gasteiger partial charge >= 0.3 is 0 Å². The second kappa shape index (κ2) is 4.59. The summed E-state index contributed by atoms with van der Waals surface area (Å²) in [5.74, 6) is 2.69. The summed E-state index contributed by atoms with van der Waals surface area (Å²) in [6.07, 6.45) is 5.71. The van der Waals surface area contributed by atoms with Gasteiger partial charge in [-0.15, -0.1) is 0 Å². The molecule has 0 radical (unpaired) electrons. The summed E-state index contributed by atoms with van der Waals surface area (Å²) in [5.41, 5.74) is 2.13. The van der Waals surface area contributed by atoms with Gasteiger partial charge in [0, 0.05) is 6.54 Å². The Morgan fingerprint density at radius 2 is 2.28 bits per heavy atom. The van der Waals surface area contributed by atoms with Crippen molar-refractivity contribution < 1.29 is 0 Å². The van der Waals surface area contributed by atoms with E-state index in [0.29, 0.717) is 0 Å². The SMILES string of the molecule is Cc1cc(NCC2CCCC2C)n2ncnc2c1. The maximum Gasteiger partial charge on any atom is 0.157 e. The third kappa shape index (κ3) is 2.07. The number of rotatable bonds is 3. The molecule has 96 valence electrons. The highest BCUT2D eigenvalue weighted by molar-refractivity contribution is 5.51. The summed E-state index contributed by atoms with van der Waals surface area (Å²) < 4.78 is 1.88. The monoisotopic (exact) mass is 244 g/mol. The number of hydrogen-bond donors (Lipinski definition) is 1. The van der Waals surface area contributed by atoms with Crippen LogP contribution < -0.4 is 5.32 Å².